The first-order valence-corrected chi connectivity index (χ1v) is 15.3. The molecule has 2 atom stereocenters. The summed E-state index contributed by atoms with van der Waals surface area (Å²) in [5.41, 5.74) is 0. The average Bonchev–Trinajstić information content (AvgIpc) is 2.90. The molecule has 0 saturated heterocycles. The molecular formula is C25H46N4O13S. The van der Waals surface area contributed by atoms with Crippen LogP contribution in [0.25, 0.3) is 0 Å². The molecule has 0 radical (unpaired) electrons. The smallest absolute Gasteiger partial charge is 0.326 e. The van der Waals surface area contributed by atoms with E-state index in [2.05, 4.69) is 21.3 Å². The van der Waals surface area contributed by atoms with E-state index in [1.807, 2.05) is 0 Å². The summed E-state index contributed by atoms with van der Waals surface area (Å²) in [6.45, 7) is 5.87. The lowest BCUT2D eigenvalue weighted by molar-refractivity contribution is -0.143. The molecule has 0 aliphatic heterocycles. The Morgan fingerprint density at radius 1 is 0.814 bits per heavy atom. The lowest BCUT2D eigenvalue weighted by Crippen LogP contribution is -2.42. The fourth-order valence-corrected chi connectivity index (χ4v) is 3.95. The number of carboxylic acid groups (broad SMARTS) is 2. The zero-order chi connectivity index (χ0) is 33.3. The van der Waals surface area contributed by atoms with Crippen LogP contribution in [-0.4, -0.2) is 117 Å². The Morgan fingerprint density at radius 3 is 1.93 bits per heavy atom. The van der Waals surface area contributed by atoms with E-state index in [-0.39, 0.29) is 82.1 Å². The molecule has 4 amide bonds. The maximum atomic E-state index is 11.9. The van der Waals surface area contributed by atoms with Crippen LogP contribution in [0.5, 0.6) is 0 Å². The second kappa shape index (κ2) is 25.2. The third-order valence-electron chi connectivity index (χ3n) is 5.14. The van der Waals surface area contributed by atoms with Crippen LogP contribution in [0.15, 0.2) is 0 Å². The third kappa shape index (κ3) is 28.5. The molecule has 0 bridgehead atoms. The normalized spacial score (nSPS) is 12.2. The van der Waals surface area contributed by atoms with Gasteiger partial charge in [-0.25, -0.2) is 9.59 Å². The first-order valence-electron chi connectivity index (χ1n) is 13.7. The molecule has 7 N–H and O–H groups in total. The first-order chi connectivity index (χ1) is 20.1. The van der Waals surface area contributed by atoms with Gasteiger partial charge in [-0.05, 0) is 31.6 Å². The number of aliphatic carboxylic acids is 2. The van der Waals surface area contributed by atoms with Crippen molar-refractivity contribution in [1.82, 2.24) is 21.3 Å². The summed E-state index contributed by atoms with van der Waals surface area (Å²) in [6.07, 6.45) is 1.86. The van der Waals surface area contributed by atoms with E-state index in [0.29, 0.717) is 25.8 Å². The summed E-state index contributed by atoms with van der Waals surface area (Å²) in [6, 6.07) is -2.18. The number of carboxylic acids is 2. The predicted octanol–water partition coefficient (Wildman–Crippen LogP) is -1.09. The van der Waals surface area contributed by atoms with Crippen LogP contribution >= 0.6 is 0 Å². The number of carbonyl (C=O) groups is 6. The van der Waals surface area contributed by atoms with Gasteiger partial charge < -0.3 is 41.0 Å². The summed E-state index contributed by atoms with van der Waals surface area (Å²) in [7, 11) is -3.72. The fourth-order valence-electron chi connectivity index (χ4n) is 3.11. The van der Waals surface area contributed by atoms with Gasteiger partial charge in [-0.2, -0.15) is 8.42 Å². The van der Waals surface area contributed by atoms with E-state index < -0.39 is 40.0 Å². The monoisotopic (exact) mass is 642 g/mol. The van der Waals surface area contributed by atoms with E-state index >= 15 is 0 Å². The Morgan fingerprint density at radius 2 is 1.42 bits per heavy atom. The number of hydrogen-bond donors (Lipinski definition) is 7. The highest BCUT2D eigenvalue weighted by atomic mass is 32.2. The van der Waals surface area contributed by atoms with Gasteiger partial charge in [0, 0.05) is 25.9 Å². The minimum absolute atomic E-state index is 0.00463. The van der Waals surface area contributed by atoms with Crippen LogP contribution in [0.4, 0.5) is 0 Å². The summed E-state index contributed by atoms with van der Waals surface area (Å²) in [5.74, 6) is -3.56. The molecule has 0 aromatic heterocycles. The van der Waals surface area contributed by atoms with Crippen molar-refractivity contribution in [1.29, 1.82) is 0 Å². The average molecular weight is 643 g/mol. The predicted molar refractivity (Wildman–Crippen MR) is 152 cm³/mol. The van der Waals surface area contributed by atoms with Gasteiger partial charge in [-0.1, -0.05) is 20.8 Å². The molecule has 43 heavy (non-hydrogen) atoms. The number of nitrogens with one attached hydrogen (secondary N) is 4. The maximum Gasteiger partial charge on any atom is 0.326 e. The topological polar surface area (TPSA) is 264 Å². The quantitative estimate of drug-likeness (QED) is 0.0375. The Balaban J connectivity index is 0. The molecule has 0 saturated carbocycles. The van der Waals surface area contributed by atoms with Crippen molar-refractivity contribution in [2.24, 2.45) is 5.92 Å². The van der Waals surface area contributed by atoms with Crippen molar-refractivity contribution in [3.8, 4) is 0 Å². The second-order valence-electron chi connectivity index (χ2n) is 9.53. The van der Waals surface area contributed by atoms with E-state index in [1.165, 1.54) is 0 Å². The number of amides is 4. The van der Waals surface area contributed by atoms with E-state index in [1.54, 1.807) is 20.8 Å². The minimum atomic E-state index is -3.72. The zero-order valence-corrected chi connectivity index (χ0v) is 25.7. The molecule has 18 heteroatoms. The number of ether oxygens (including phenoxy) is 2. The van der Waals surface area contributed by atoms with E-state index in [0.717, 1.165) is 0 Å². The molecule has 2 unspecified atom stereocenters. The lowest BCUT2D eigenvalue weighted by atomic mass is 10.1. The highest BCUT2D eigenvalue weighted by Crippen LogP contribution is 2.02. The first kappa shape index (κ1) is 41.8. The molecule has 0 aromatic carbocycles. The Labute approximate surface area is 251 Å². The van der Waals surface area contributed by atoms with Crippen molar-refractivity contribution in [2.45, 2.75) is 71.4 Å². The number of hydrogen-bond acceptors (Lipinski definition) is 10. The molecule has 250 valence electrons. The number of unbranched alkanes of at least 4 members (excludes halogenated alkanes) is 1. The lowest BCUT2D eigenvalue weighted by Gasteiger charge is -2.14. The van der Waals surface area contributed by atoms with Gasteiger partial charge in [0.05, 0.1) is 25.6 Å². The zero-order valence-electron chi connectivity index (χ0n) is 24.8. The van der Waals surface area contributed by atoms with Gasteiger partial charge in [0.2, 0.25) is 24.1 Å². The number of rotatable bonds is 24. The molecule has 0 aromatic rings. The molecule has 17 nitrogen and oxygen atoms in total. The summed E-state index contributed by atoms with van der Waals surface area (Å²) in [4.78, 5) is 67.1. The highest BCUT2D eigenvalue weighted by molar-refractivity contribution is 7.85. The Hall–Kier alpha value is -3.35. The van der Waals surface area contributed by atoms with Crippen LogP contribution in [0, 0.1) is 5.92 Å². The molecule has 0 rings (SSSR count). The van der Waals surface area contributed by atoms with Crippen molar-refractivity contribution >= 4 is 46.2 Å². The number of carbonyl (C=O) groups excluding carboxylic acids is 4. The SMILES string of the molecule is CC(C)CS(=O)(=O)O.CCC(=O)NCCCCC(NC(=O)COCCOCCNC(=O)CCC(NC=O)C(=O)O)C(=O)O. The van der Waals surface area contributed by atoms with Crippen LogP contribution in [0.2, 0.25) is 0 Å². The van der Waals surface area contributed by atoms with Crippen molar-refractivity contribution in [2.75, 3.05) is 45.3 Å². The standard InChI is InChI=1S/C21H36N4O10.C4H10O3S/c1-2-17(27)22-8-4-3-5-16(21(32)33)25-19(29)13-35-12-11-34-10-9-23-18(28)7-6-15(20(30)31)24-14-26;1-4(2)3-8(5,6)7/h14-16H,2-13H2,1H3,(H,22,27)(H,23,28)(H,24,26)(H,25,29)(H,30,31)(H,32,33);4H,3H2,1-2H3,(H,5,6,7). The highest BCUT2D eigenvalue weighted by Gasteiger charge is 2.19. The molecule has 0 heterocycles. The van der Waals surface area contributed by atoms with Crippen LogP contribution < -0.4 is 21.3 Å². The van der Waals surface area contributed by atoms with Gasteiger partial charge in [-0.3, -0.25) is 23.7 Å². The molecule has 0 aliphatic carbocycles. The third-order valence-corrected chi connectivity index (χ3v) is 6.23. The van der Waals surface area contributed by atoms with E-state index in [4.69, 9.17) is 19.1 Å². The van der Waals surface area contributed by atoms with Gasteiger partial charge in [0.15, 0.2) is 0 Å². The van der Waals surface area contributed by atoms with E-state index in [9.17, 15) is 42.3 Å². The van der Waals surface area contributed by atoms with Crippen LogP contribution in [0.1, 0.15) is 59.3 Å². The molecular weight excluding hydrogens is 596 g/mol. The van der Waals surface area contributed by atoms with Crippen LogP contribution in [0.3, 0.4) is 0 Å². The molecule has 0 aliphatic rings. The van der Waals surface area contributed by atoms with Crippen molar-refractivity contribution < 1.29 is 61.4 Å². The fraction of sp³-hybridized carbons (Fsp3) is 0.760. The van der Waals surface area contributed by atoms with Crippen LogP contribution in [-0.2, 0) is 48.4 Å². The van der Waals surface area contributed by atoms with Crippen molar-refractivity contribution in [3.63, 3.8) is 0 Å². The van der Waals surface area contributed by atoms with Gasteiger partial charge in [0.1, 0.15) is 18.7 Å². The largest absolute Gasteiger partial charge is 0.480 e. The Kier molecular flexibility index (Phi) is 24.5. The molecule has 0 spiro atoms. The van der Waals surface area contributed by atoms with Gasteiger partial charge >= 0.3 is 11.9 Å². The minimum Gasteiger partial charge on any atom is -0.480 e. The Bertz CT molecular complexity index is 961. The summed E-state index contributed by atoms with van der Waals surface area (Å²) >= 11 is 0. The van der Waals surface area contributed by atoms with Crippen molar-refractivity contribution in [3.05, 3.63) is 0 Å². The van der Waals surface area contributed by atoms with Gasteiger partial charge in [0.25, 0.3) is 10.1 Å². The maximum absolute atomic E-state index is 11.9. The second-order valence-corrected chi connectivity index (χ2v) is 11.0. The molecule has 0 fully saturated rings. The van der Waals surface area contributed by atoms with Gasteiger partial charge in [-0.15, -0.1) is 0 Å². The summed E-state index contributed by atoms with van der Waals surface area (Å²) < 4.78 is 38.5. The summed E-state index contributed by atoms with van der Waals surface area (Å²) in [5, 5.41) is 27.8.